The predicted octanol–water partition coefficient (Wildman–Crippen LogP) is 2.63. The van der Waals surface area contributed by atoms with E-state index >= 15 is 0 Å². The van der Waals surface area contributed by atoms with E-state index in [9.17, 15) is 4.79 Å². The molecule has 0 unspecified atom stereocenters. The molecule has 1 aromatic rings. The molecule has 0 atom stereocenters. The summed E-state index contributed by atoms with van der Waals surface area (Å²) >= 11 is 3.38. The van der Waals surface area contributed by atoms with Gasteiger partial charge in [0.05, 0.1) is 12.2 Å². The molecule has 0 spiro atoms. The third kappa shape index (κ3) is 2.55. The summed E-state index contributed by atoms with van der Waals surface area (Å²) in [5.74, 6) is -0.211. The van der Waals surface area contributed by atoms with Crippen molar-refractivity contribution in [2.24, 2.45) is 4.99 Å². The molecule has 17 heavy (non-hydrogen) atoms. The zero-order valence-electron chi connectivity index (χ0n) is 9.14. The zero-order chi connectivity index (χ0) is 12.3. The summed E-state index contributed by atoms with van der Waals surface area (Å²) < 4.78 is 10.9. The molecule has 0 saturated heterocycles. The number of halogens is 1. The fourth-order valence-corrected chi connectivity index (χ4v) is 1.76. The Morgan fingerprint density at radius 3 is 2.94 bits per heavy atom. The van der Waals surface area contributed by atoms with Crippen molar-refractivity contribution in [1.29, 1.82) is 0 Å². The van der Waals surface area contributed by atoms with E-state index in [-0.39, 0.29) is 11.6 Å². The van der Waals surface area contributed by atoms with E-state index in [4.69, 9.17) is 9.47 Å². The van der Waals surface area contributed by atoms with Crippen LogP contribution in [0.5, 0.6) is 0 Å². The highest BCUT2D eigenvalue weighted by molar-refractivity contribution is 9.10. The van der Waals surface area contributed by atoms with Crippen molar-refractivity contribution in [1.82, 2.24) is 0 Å². The van der Waals surface area contributed by atoms with Gasteiger partial charge in [0.1, 0.15) is 6.26 Å². The Labute approximate surface area is 107 Å². The molecule has 0 radical (unpaired) electrons. The molecule has 1 aliphatic rings. The van der Waals surface area contributed by atoms with Crippen LogP contribution in [0.15, 0.2) is 45.7 Å². The fraction of sp³-hybridized carbons (Fsp3) is 0.167. The SMILES string of the molecule is CCO/C=C1/N=C(c2ccccc2Br)OC1=O. The van der Waals surface area contributed by atoms with Crippen molar-refractivity contribution < 1.29 is 14.3 Å². The maximum Gasteiger partial charge on any atom is 0.367 e. The van der Waals surface area contributed by atoms with E-state index < -0.39 is 5.97 Å². The molecule has 0 aliphatic carbocycles. The van der Waals surface area contributed by atoms with Gasteiger partial charge >= 0.3 is 5.97 Å². The normalized spacial score (nSPS) is 16.9. The number of cyclic esters (lactones) is 1. The van der Waals surface area contributed by atoms with Crippen LogP contribution in [0.4, 0.5) is 0 Å². The number of aliphatic imine (C=N–C) groups is 1. The molecular formula is C12H10BrNO3. The predicted molar refractivity (Wildman–Crippen MR) is 66.5 cm³/mol. The summed E-state index contributed by atoms with van der Waals surface area (Å²) in [5, 5.41) is 0. The molecule has 1 aliphatic heterocycles. The molecule has 0 N–H and O–H groups in total. The number of benzene rings is 1. The van der Waals surface area contributed by atoms with Crippen molar-refractivity contribution in [3.8, 4) is 0 Å². The Hall–Kier alpha value is -1.62. The number of carbonyl (C=O) groups excluding carboxylic acids is 1. The van der Waals surface area contributed by atoms with E-state index in [2.05, 4.69) is 20.9 Å². The third-order valence-corrected chi connectivity index (χ3v) is 2.78. The second-order valence-electron chi connectivity index (χ2n) is 3.24. The summed E-state index contributed by atoms with van der Waals surface area (Å²) in [6, 6.07) is 7.40. The number of esters is 1. The van der Waals surface area contributed by atoms with Gasteiger partial charge in [0, 0.05) is 4.47 Å². The maximum absolute atomic E-state index is 11.5. The van der Waals surface area contributed by atoms with Crippen LogP contribution in [0.2, 0.25) is 0 Å². The Bertz CT molecular complexity index is 508. The lowest BCUT2D eigenvalue weighted by Gasteiger charge is -2.01. The fourth-order valence-electron chi connectivity index (χ4n) is 1.30. The summed E-state index contributed by atoms with van der Waals surface area (Å²) in [4.78, 5) is 15.6. The highest BCUT2D eigenvalue weighted by Gasteiger charge is 2.25. The number of carbonyl (C=O) groups is 1. The van der Waals surface area contributed by atoms with Crippen molar-refractivity contribution in [3.05, 3.63) is 46.3 Å². The summed E-state index contributed by atoms with van der Waals surface area (Å²) in [7, 11) is 0. The summed E-state index contributed by atoms with van der Waals surface area (Å²) in [6.45, 7) is 2.31. The van der Waals surface area contributed by atoms with Crippen LogP contribution in [0, 0.1) is 0 Å². The van der Waals surface area contributed by atoms with Gasteiger partial charge in [-0.1, -0.05) is 12.1 Å². The first-order valence-corrected chi connectivity index (χ1v) is 5.89. The first-order chi connectivity index (χ1) is 8.22. The maximum atomic E-state index is 11.5. The topological polar surface area (TPSA) is 47.9 Å². The minimum Gasteiger partial charge on any atom is -0.499 e. The van der Waals surface area contributed by atoms with Crippen molar-refractivity contribution >= 4 is 27.8 Å². The van der Waals surface area contributed by atoms with E-state index in [1.165, 1.54) is 6.26 Å². The van der Waals surface area contributed by atoms with Gasteiger partial charge in [-0.05, 0) is 35.0 Å². The van der Waals surface area contributed by atoms with Crippen molar-refractivity contribution in [2.45, 2.75) is 6.92 Å². The minimum atomic E-state index is -0.496. The molecule has 88 valence electrons. The Morgan fingerprint density at radius 1 is 1.47 bits per heavy atom. The second kappa shape index (κ2) is 5.14. The first kappa shape index (κ1) is 11.9. The molecular weight excluding hydrogens is 286 g/mol. The van der Waals surface area contributed by atoms with Gasteiger partial charge in [-0.15, -0.1) is 0 Å². The average molecular weight is 296 g/mol. The highest BCUT2D eigenvalue weighted by atomic mass is 79.9. The van der Waals surface area contributed by atoms with Crippen LogP contribution in [-0.4, -0.2) is 18.5 Å². The molecule has 1 heterocycles. The smallest absolute Gasteiger partial charge is 0.367 e. The van der Waals surface area contributed by atoms with E-state index in [0.29, 0.717) is 6.61 Å². The molecule has 0 aromatic heterocycles. The highest BCUT2D eigenvalue weighted by Crippen LogP contribution is 2.22. The van der Waals surface area contributed by atoms with Gasteiger partial charge in [0.25, 0.3) is 0 Å². The van der Waals surface area contributed by atoms with Gasteiger partial charge in [-0.3, -0.25) is 0 Å². The Kier molecular flexibility index (Phi) is 3.58. The van der Waals surface area contributed by atoms with Gasteiger partial charge in [-0.2, -0.15) is 0 Å². The minimum absolute atomic E-state index is 0.178. The molecule has 1 aromatic carbocycles. The van der Waals surface area contributed by atoms with Gasteiger partial charge in [0.2, 0.25) is 5.90 Å². The molecule has 5 heteroatoms. The van der Waals surface area contributed by atoms with Crippen LogP contribution in [0.3, 0.4) is 0 Å². The molecule has 0 fully saturated rings. The molecule has 0 bridgehead atoms. The first-order valence-electron chi connectivity index (χ1n) is 5.10. The van der Waals surface area contributed by atoms with Crippen LogP contribution in [0.25, 0.3) is 0 Å². The quantitative estimate of drug-likeness (QED) is 0.489. The molecule has 4 nitrogen and oxygen atoms in total. The standard InChI is InChI=1S/C12H10BrNO3/c1-2-16-7-10-12(15)17-11(14-10)8-5-3-4-6-9(8)13/h3-7H,2H2,1H3/b10-7+. The van der Waals surface area contributed by atoms with E-state index in [1.807, 2.05) is 31.2 Å². The monoisotopic (exact) mass is 295 g/mol. The number of ether oxygens (including phenoxy) is 2. The molecule has 0 amide bonds. The lowest BCUT2D eigenvalue weighted by atomic mass is 10.2. The Balaban J connectivity index is 2.30. The van der Waals surface area contributed by atoms with Crippen LogP contribution in [0.1, 0.15) is 12.5 Å². The van der Waals surface area contributed by atoms with E-state index in [0.717, 1.165) is 10.0 Å². The summed E-state index contributed by atoms with van der Waals surface area (Å²) in [6.07, 6.45) is 1.31. The van der Waals surface area contributed by atoms with Crippen molar-refractivity contribution in [3.63, 3.8) is 0 Å². The van der Waals surface area contributed by atoms with Crippen LogP contribution < -0.4 is 0 Å². The van der Waals surface area contributed by atoms with Gasteiger partial charge in [0.15, 0.2) is 5.70 Å². The lowest BCUT2D eigenvalue weighted by Crippen LogP contribution is -2.06. The number of nitrogens with zero attached hydrogens (tertiary/aromatic N) is 1. The zero-order valence-corrected chi connectivity index (χ0v) is 10.7. The third-order valence-electron chi connectivity index (χ3n) is 2.09. The molecule has 0 saturated carbocycles. The summed E-state index contributed by atoms with van der Waals surface area (Å²) in [5.41, 5.74) is 0.915. The Morgan fingerprint density at radius 2 is 2.24 bits per heavy atom. The van der Waals surface area contributed by atoms with E-state index in [1.54, 1.807) is 0 Å². The lowest BCUT2D eigenvalue weighted by molar-refractivity contribution is -0.130. The largest absolute Gasteiger partial charge is 0.499 e. The number of hydrogen-bond donors (Lipinski definition) is 0. The number of hydrogen-bond acceptors (Lipinski definition) is 4. The second-order valence-corrected chi connectivity index (χ2v) is 4.10. The average Bonchev–Trinajstić information content (AvgIpc) is 2.68. The number of rotatable bonds is 3. The van der Waals surface area contributed by atoms with Crippen LogP contribution >= 0.6 is 15.9 Å². The molecule has 2 rings (SSSR count). The van der Waals surface area contributed by atoms with Gasteiger partial charge < -0.3 is 9.47 Å². The van der Waals surface area contributed by atoms with Gasteiger partial charge in [-0.25, -0.2) is 9.79 Å². The van der Waals surface area contributed by atoms with Crippen LogP contribution in [-0.2, 0) is 14.3 Å². The van der Waals surface area contributed by atoms with Crippen molar-refractivity contribution in [2.75, 3.05) is 6.61 Å².